The zero-order chi connectivity index (χ0) is 17.9. The molecule has 7 heteroatoms. The molecule has 1 heterocycles. The van der Waals surface area contributed by atoms with Crippen molar-refractivity contribution in [1.29, 1.82) is 0 Å². The van der Waals surface area contributed by atoms with Gasteiger partial charge in [-0.3, -0.25) is 9.69 Å². The van der Waals surface area contributed by atoms with Crippen LogP contribution < -0.4 is 16.0 Å². The van der Waals surface area contributed by atoms with Crippen molar-refractivity contribution < 1.29 is 14.3 Å². The minimum Gasteiger partial charge on any atom is -0.379 e. The van der Waals surface area contributed by atoms with Crippen LogP contribution in [0.2, 0.25) is 0 Å². The van der Waals surface area contributed by atoms with Gasteiger partial charge in [-0.25, -0.2) is 4.79 Å². The lowest BCUT2D eigenvalue weighted by Gasteiger charge is -2.32. The first-order chi connectivity index (χ1) is 12.1. The van der Waals surface area contributed by atoms with Crippen molar-refractivity contribution in [1.82, 2.24) is 20.9 Å². The molecule has 2 rings (SSSR count). The molecule has 25 heavy (non-hydrogen) atoms. The molecule has 144 valence electrons. The largest absolute Gasteiger partial charge is 0.379 e. The van der Waals surface area contributed by atoms with Crippen molar-refractivity contribution in [3.05, 3.63) is 0 Å². The molecule has 0 spiro atoms. The second kappa shape index (κ2) is 11.3. The molecule has 0 aromatic heterocycles. The van der Waals surface area contributed by atoms with E-state index in [1.54, 1.807) is 0 Å². The molecular formula is C18H34N4O3. The average Bonchev–Trinajstić information content (AvgIpc) is 2.65. The Labute approximate surface area is 151 Å². The standard InChI is InChI=1S/C18H34N4O3/c1-15(22-10-12-25-13-11-22)14-20-17(23)8-5-9-19-18(24)21-16-6-3-2-4-7-16/h15-16H,2-14H2,1H3,(H,20,23)(H2,19,21,24). The van der Waals surface area contributed by atoms with Gasteiger partial charge in [0.2, 0.25) is 5.91 Å². The third kappa shape index (κ3) is 8.05. The van der Waals surface area contributed by atoms with Gasteiger partial charge < -0.3 is 20.7 Å². The molecule has 7 nitrogen and oxygen atoms in total. The van der Waals surface area contributed by atoms with Crippen LogP contribution in [-0.2, 0) is 9.53 Å². The van der Waals surface area contributed by atoms with Gasteiger partial charge in [-0.05, 0) is 26.2 Å². The van der Waals surface area contributed by atoms with Crippen LogP contribution in [-0.4, -0.2) is 68.3 Å². The Balaban J connectivity index is 1.48. The van der Waals surface area contributed by atoms with Crippen molar-refractivity contribution >= 4 is 11.9 Å². The second-order valence-corrected chi connectivity index (χ2v) is 7.14. The number of urea groups is 1. The zero-order valence-electron chi connectivity index (χ0n) is 15.5. The van der Waals surface area contributed by atoms with Crippen LogP contribution in [0.15, 0.2) is 0 Å². The summed E-state index contributed by atoms with van der Waals surface area (Å²) in [5.74, 6) is 0.0506. The summed E-state index contributed by atoms with van der Waals surface area (Å²) in [5, 5.41) is 8.85. The number of carbonyl (C=O) groups is 2. The van der Waals surface area contributed by atoms with E-state index in [1.165, 1.54) is 19.3 Å². The Kier molecular flexibility index (Phi) is 9.04. The molecule has 3 amide bonds. The van der Waals surface area contributed by atoms with Crippen molar-refractivity contribution in [2.24, 2.45) is 0 Å². The molecule has 2 fully saturated rings. The number of nitrogens with zero attached hydrogens (tertiary/aromatic N) is 1. The third-order valence-corrected chi connectivity index (χ3v) is 5.07. The van der Waals surface area contributed by atoms with Gasteiger partial charge in [-0.15, -0.1) is 0 Å². The number of morpholine rings is 1. The fourth-order valence-corrected chi connectivity index (χ4v) is 3.43. The van der Waals surface area contributed by atoms with E-state index in [0.29, 0.717) is 38.0 Å². The predicted molar refractivity (Wildman–Crippen MR) is 97.5 cm³/mol. The number of rotatable bonds is 8. The second-order valence-electron chi connectivity index (χ2n) is 7.14. The lowest BCUT2D eigenvalue weighted by Crippen LogP contribution is -2.47. The summed E-state index contributed by atoms with van der Waals surface area (Å²) in [6, 6.07) is 0.541. The van der Waals surface area contributed by atoms with E-state index >= 15 is 0 Å². The molecule has 0 radical (unpaired) electrons. The summed E-state index contributed by atoms with van der Waals surface area (Å²) >= 11 is 0. The van der Waals surface area contributed by atoms with Gasteiger partial charge in [0.15, 0.2) is 0 Å². The predicted octanol–water partition coefficient (Wildman–Crippen LogP) is 1.24. The van der Waals surface area contributed by atoms with Crippen molar-refractivity contribution in [3.63, 3.8) is 0 Å². The highest BCUT2D eigenvalue weighted by Crippen LogP contribution is 2.17. The number of nitrogens with one attached hydrogen (secondary N) is 3. The molecule has 1 saturated carbocycles. The molecule has 1 atom stereocenters. The van der Waals surface area contributed by atoms with E-state index in [-0.39, 0.29) is 11.9 Å². The molecule has 1 unspecified atom stereocenters. The normalized spacial score (nSPS) is 20.7. The summed E-state index contributed by atoms with van der Waals surface area (Å²) in [5.41, 5.74) is 0. The average molecular weight is 354 g/mol. The summed E-state index contributed by atoms with van der Waals surface area (Å²) in [6.45, 7) is 6.72. The molecule has 1 aliphatic heterocycles. The minimum atomic E-state index is -0.103. The molecule has 0 aromatic rings. The van der Waals surface area contributed by atoms with E-state index in [0.717, 1.165) is 39.1 Å². The van der Waals surface area contributed by atoms with Crippen molar-refractivity contribution in [3.8, 4) is 0 Å². The van der Waals surface area contributed by atoms with Crippen LogP contribution >= 0.6 is 0 Å². The van der Waals surface area contributed by atoms with E-state index in [2.05, 4.69) is 27.8 Å². The Hall–Kier alpha value is -1.34. The maximum absolute atomic E-state index is 11.9. The molecular weight excluding hydrogens is 320 g/mol. The van der Waals surface area contributed by atoms with Gasteiger partial charge in [0.05, 0.1) is 13.2 Å². The van der Waals surface area contributed by atoms with Gasteiger partial charge in [-0.1, -0.05) is 19.3 Å². The smallest absolute Gasteiger partial charge is 0.315 e. The number of carbonyl (C=O) groups excluding carboxylic acids is 2. The minimum absolute atomic E-state index is 0.0506. The maximum Gasteiger partial charge on any atom is 0.315 e. The molecule has 1 aliphatic carbocycles. The number of hydrogen-bond acceptors (Lipinski definition) is 4. The Bertz CT molecular complexity index is 407. The Morgan fingerprint density at radius 1 is 1.12 bits per heavy atom. The van der Waals surface area contributed by atoms with E-state index < -0.39 is 0 Å². The third-order valence-electron chi connectivity index (χ3n) is 5.07. The highest BCUT2D eigenvalue weighted by Gasteiger charge is 2.17. The topological polar surface area (TPSA) is 82.7 Å². The molecule has 1 saturated heterocycles. The van der Waals surface area contributed by atoms with Crippen LogP contribution in [0.25, 0.3) is 0 Å². The first-order valence-corrected chi connectivity index (χ1v) is 9.78. The highest BCUT2D eigenvalue weighted by atomic mass is 16.5. The van der Waals surface area contributed by atoms with Gasteiger partial charge in [0.25, 0.3) is 0 Å². The molecule has 0 aromatic carbocycles. The van der Waals surface area contributed by atoms with Crippen molar-refractivity contribution in [2.75, 3.05) is 39.4 Å². The number of amides is 3. The molecule has 2 aliphatic rings. The fraction of sp³-hybridized carbons (Fsp3) is 0.889. The fourth-order valence-electron chi connectivity index (χ4n) is 3.43. The zero-order valence-corrected chi connectivity index (χ0v) is 15.5. The van der Waals surface area contributed by atoms with Crippen LogP contribution in [0.1, 0.15) is 51.9 Å². The number of ether oxygens (including phenoxy) is 1. The van der Waals surface area contributed by atoms with Gasteiger partial charge in [-0.2, -0.15) is 0 Å². The van der Waals surface area contributed by atoms with Crippen LogP contribution in [0.5, 0.6) is 0 Å². The summed E-state index contributed by atoms with van der Waals surface area (Å²) in [7, 11) is 0. The Morgan fingerprint density at radius 3 is 2.56 bits per heavy atom. The van der Waals surface area contributed by atoms with Crippen LogP contribution in [0.3, 0.4) is 0 Å². The maximum atomic E-state index is 11.9. The summed E-state index contributed by atoms with van der Waals surface area (Å²) in [4.78, 5) is 26.1. The first kappa shape index (κ1) is 20.0. The first-order valence-electron chi connectivity index (χ1n) is 9.78. The summed E-state index contributed by atoms with van der Waals surface area (Å²) in [6.07, 6.45) is 6.95. The SMILES string of the molecule is CC(CNC(=O)CCCNC(=O)NC1CCCCC1)N1CCOCC1. The lowest BCUT2D eigenvalue weighted by molar-refractivity contribution is -0.121. The highest BCUT2D eigenvalue weighted by molar-refractivity contribution is 5.76. The van der Waals surface area contributed by atoms with E-state index in [1.807, 2.05) is 0 Å². The quantitative estimate of drug-likeness (QED) is 0.573. The van der Waals surface area contributed by atoms with Gasteiger partial charge in [0, 0.05) is 44.7 Å². The van der Waals surface area contributed by atoms with Crippen LogP contribution in [0.4, 0.5) is 4.79 Å². The van der Waals surface area contributed by atoms with Gasteiger partial charge >= 0.3 is 6.03 Å². The van der Waals surface area contributed by atoms with Crippen LogP contribution in [0, 0.1) is 0 Å². The molecule has 3 N–H and O–H groups in total. The molecule has 0 bridgehead atoms. The number of hydrogen-bond donors (Lipinski definition) is 3. The van der Waals surface area contributed by atoms with Crippen molar-refractivity contribution in [2.45, 2.75) is 64.0 Å². The van der Waals surface area contributed by atoms with E-state index in [4.69, 9.17) is 4.74 Å². The Morgan fingerprint density at radius 2 is 1.84 bits per heavy atom. The summed E-state index contributed by atoms with van der Waals surface area (Å²) < 4.78 is 5.34. The monoisotopic (exact) mass is 354 g/mol. The lowest BCUT2D eigenvalue weighted by atomic mass is 9.96. The van der Waals surface area contributed by atoms with Gasteiger partial charge in [0.1, 0.15) is 0 Å². The van der Waals surface area contributed by atoms with E-state index in [9.17, 15) is 9.59 Å².